The predicted molar refractivity (Wildman–Crippen MR) is 166 cm³/mol. The summed E-state index contributed by atoms with van der Waals surface area (Å²) in [7, 11) is 0. The summed E-state index contributed by atoms with van der Waals surface area (Å²) in [4.78, 5) is 31.1. The number of aromatic nitrogens is 5. The van der Waals surface area contributed by atoms with E-state index in [9.17, 15) is 9.18 Å². The highest BCUT2D eigenvalue weighted by Gasteiger charge is 2.49. The molecular weight excluding hydrogens is 596 g/mol. The number of halogens is 2. The van der Waals surface area contributed by atoms with Crippen LogP contribution in [-0.2, 0) is 15.9 Å². The third-order valence-corrected chi connectivity index (χ3v) is 10.2. The number of anilines is 1. The van der Waals surface area contributed by atoms with E-state index in [1.165, 1.54) is 0 Å². The van der Waals surface area contributed by atoms with E-state index in [0.29, 0.717) is 55.7 Å². The summed E-state index contributed by atoms with van der Waals surface area (Å²) >= 11 is 0. The van der Waals surface area contributed by atoms with Crippen LogP contribution in [0.1, 0.15) is 50.2 Å². The predicted octanol–water partition coefficient (Wildman–Crippen LogP) is 5.29. The largest absolute Gasteiger partial charge is 0.508 e. The molecule has 0 unspecified atom stereocenters. The molecule has 3 saturated heterocycles. The quantitative estimate of drug-likeness (QED) is 0.299. The van der Waals surface area contributed by atoms with E-state index in [4.69, 9.17) is 24.2 Å². The number of H-pyrrole nitrogens is 1. The summed E-state index contributed by atoms with van der Waals surface area (Å²) in [6, 6.07) is 2.01. The summed E-state index contributed by atoms with van der Waals surface area (Å²) in [6.07, 6.45) is 5.35. The second-order valence-corrected chi connectivity index (χ2v) is 13.5. The van der Waals surface area contributed by atoms with Crippen molar-refractivity contribution in [2.45, 2.75) is 70.2 Å². The smallest absolute Gasteiger partial charge is 0.461 e. The summed E-state index contributed by atoms with van der Waals surface area (Å²) in [6.45, 7) is 6.49. The van der Waals surface area contributed by atoms with Gasteiger partial charge in [0.1, 0.15) is 35.9 Å². The SMILES string of the molecule is Cc1cc2[nH]ncc2c2c1C[C@@H](C)COC(=O)O[C@@H]1CCCN(C1)c1nc(OC[C@@]34CCCN3C[C@H](F)C4)nc3c(F)c-2ncc13. The molecule has 5 aliphatic rings. The lowest BCUT2D eigenvalue weighted by Gasteiger charge is -2.34. The molecule has 1 N–H and O–H groups in total. The zero-order valence-corrected chi connectivity index (χ0v) is 26.0. The van der Waals surface area contributed by atoms with Crippen LogP contribution < -0.4 is 9.64 Å². The van der Waals surface area contributed by atoms with E-state index in [1.54, 1.807) is 12.4 Å². The van der Waals surface area contributed by atoms with Gasteiger partial charge in [0.2, 0.25) is 0 Å². The van der Waals surface area contributed by atoms with E-state index in [0.717, 1.165) is 47.8 Å². The van der Waals surface area contributed by atoms with Gasteiger partial charge in [-0.1, -0.05) is 6.92 Å². The minimum atomic E-state index is -0.905. The van der Waals surface area contributed by atoms with Crippen molar-refractivity contribution in [1.82, 2.24) is 30.0 Å². The molecule has 0 aliphatic carbocycles. The number of nitrogens with one attached hydrogen (secondary N) is 1. The van der Waals surface area contributed by atoms with Gasteiger partial charge in [-0.3, -0.25) is 15.0 Å². The summed E-state index contributed by atoms with van der Waals surface area (Å²) in [5.74, 6) is -0.216. The molecule has 6 bridgehead atoms. The number of aromatic amines is 1. The number of hydrogen-bond acceptors (Lipinski definition) is 10. The molecule has 242 valence electrons. The molecule has 4 atom stereocenters. The first-order valence-corrected chi connectivity index (χ1v) is 16.2. The van der Waals surface area contributed by atoms with Gasteiger partial charge < -0.3 is 19.1 Å². The van der Waals surface area contributed by atoms with Gasteiger partial charge in [-0.2, -0.15) is 15.1 Å². The highest BCUT2D eigenvalue weighted by molar-refractivity contribution is 5.99. The number of ether oxygens (including phenoxy) is 3. The van der Waals surface area contributed by atoms with Crippen LogP contribution in [0.4, 0.5) is 19.4 Å². The second-order valence-electron chi connectivity index (χ2n) is 13.5. The molecule has 0 radical (unpaired) electrons. The van der Waals surface area contributed by atoms with Crippen molar-refractivity contribution in [3.05, 3.63) is 35.4 Å². The Morgan fingerprint density at radius 1 is 1.17 bits per heavy atom. The average molecular weight is 634 g/mol. The van der Waals surface area contributed by atoms with Crippen LogP contribution in [-0.4, -0.2) is 93.4 Å². The summed E-state index contributed by atoms with van der Waals surface area (Å²) in [5, 5.41) is 8.41. The molecule has 0 saturated carbocycles. The molecule has 1 aromatic carbocycles. The summed E-state index contributed by atoms with van der Waals surface area (Å²) in [5.41, 5.74) is 3.01. The number of hydrogen-bond donors (Lipinski definition) is 1. The standard InChI is InChI=1S/C33H37F2N7O4/c1-18-9-22-19(2)10-25-23(13-37-40-25)26(22)29-27(35)28-24(12-36-29)30(41-7-3-5-21(15-41)46-32(43)44-16-18)39-31(38-28)45-17-33-6-4-8-42(33)14-20(34)11-33/h10,12-13,18,20-21H,3-9,11,14-17H2,1-2H3,(H,37,40)/t18-,20-,21-,33+/m1/s1. The van der Waals surface area contributed by atoms with E-state index in [1.807, 2.05) is 24.8 Å². The lowest BCUT2D eigenvalue weighted by atomic mass is 9.89. The number of rotatable bonds is 3. The van der Waals surface area contributed by atoms with Crippen LogP contribution in [0.5, 0.6) is 6.01 Å². The topological polar surface area (TPSA) is 119 Å². The summed E-state index contributed by atoms with van der Waals surface area (Å²) < 4.78 is 49.1. The Bertz CT molecular complexity index is 1840. The Kier molecular flexibility index (Phi) is 7.18. The third kappa shape index (κ3) is 4.99. The molecule has 46 heavy (non-hydrogen) atoms. The van der Waals surface area contributed by atoms with Gasteiger partial charge in [0.25, 0.3) is 0 Å². The van der Waals surface area contributed by atoms with E-state index in [-0.39, 0.29) is 36.4 Å². The van der Waals surface area contributed by atoms with Gasteiger partial charge in [-0.25, -0.2) is 13.6 Å². The van der Waals surface area contributed by atoms with E-state index >= 15 is 4.39 Å². The Labute approximate surface area is 264 Å². The maximum Gasteiger partial charge on any atom is 0.508 e. The van der Waals surface area contributed by atoms with Gasteiger partial charge in [0, 0.05) is 36.7 Å². The number of carbonyl (C=O) groups is 1. The Morgan fingerprint density at radius 2 is 2.07 bits per heavy atom. The highest BCUT2D eigenvalue weighted by atomic mass is 19.1. The highest BCUT2D eigenvalue weighted by Crippen LogP contribution is 2.42. The number of pyridine rings is 1. The second kappa shape index (κ2) is 11.3. The third-order valence-electron chi connectivity index (χ3n) is 10.2. The molecular formula is C33H37F2N7O4. The number of alkyl halides is 1. The van der Waals surface area contributed by atoms with Crippen molar-refractivity contribution in [2.24, 2.45) is 5.92 Å². The molecule has 3 fully saturated rings. The zero-order chi connectivity index (χ0) is 31.6. The normalized spacial score (nSPS) is 26.8. The first-order valence-electron chi connectivity index (χ1n) is 16.2. The van der Waals surface area contributed by atoms with Crippen molar-refractivity contribution in [3.8, 4) is 17.3 Å². The number of carbonyl (C=O) groups excluding carboxylic acids is 1. The molecule has 11 nitrogen and oxygen atoms in total. The molecule has 13 heteroatoms. The van der Waals surface area contributed by atoms with E-state index in [2.05, 4.69) is 20.1 Å². The first-order chi connectivity index (χ1) is 22.3. The fraction of sp³-hybridized carbons (Fsp3) is 0.545. The number of benzene rings is 1. The van der Waals surface area contributed by atoms with Crippen molar-refractivity contribution in [1.29, 1.82) is 0 Å². The lowest BCUT2D eigenvalue weighted by molar-refractivity contribution is 0.0125. The fourth-order valence-electron chi connectivity index (χ4n) is 7.97. The Balaban J connectivity index is 1.30. The molecule has 0 amide bonds. The van der Waals surface area contributed by atoms with Gasteiger partial charge in [0.15, 0.2) is 5.82 Å². The molecule has 9 rings (SSSR count). The molecule has 5 aliphatic heterocycles. The number of piperidine rings is 1. The first kappa shape index (κ1) is 29.3. The van der Waals surface area contributed by atoms with Crippen molar-refractivity contribution < 1.29 is 27.8 Å². The minimum absolute atomic E-state index is 0.0252. The van der Waals surface area contributed by atoms with Crippen LogP contribution in [0.2, 0.25) is 0 Å². The van der Waals surface area contributed by atoms with E-state index < -0.39 is 29.8 Å². The van der Waals surface area contributed by atoms with Crippen LogP contribution >= 0.6 is 0 Å². The molecule has 8 heterocycles. The maximum atomic E-state index is 17.0. The lowest BCUT2D eigenvalue weighted by Crippen LogP contribution is -2.43. The number of fused-ring (bicyclic) bond motifs is 8. The van der Waals surface area contributed by atoms with Gasteiger partial charge >= 0.3 is 12.2 Å². The number of nitrogens with zero attached hydrogens (tertiary/aromatic N) is 6. The average Bonchev–Trinajstić information content (AvgIpc) is 3.73. The Hall–Kier alpha value is -4.13. The molecule has 3 aromatic heterocycles. The number of aryl methyl sites for hydroxylation is 1. The van der Waals surface area contributed by atoms with Crippen molar-refractivity contribution >= 4 is 33.8 Å². The molecule has 0 spiro atoms. The fourth-order valence-corrected chi connectivity index (χ4v) is 7.97. The maximum absolute atomic E-state index is 17.0. The van der Waals surface area contributed by atoms with Crippen molar-refractivity contribution in [2.75, 3.05) is 44.3 Å². The zero-order valence-electron chi connectivity index (χ0n) is 26.0. The van der Waals surface area contributed by atoms with Crippen LogP contribution in [0, 0.1) is 18.7 Å². The monoisotopic (exact) mass is 633 g/mol. The van der Waals surface area contributed by atoms with Crippen LogP contribution in [0.25, 0.3) is 33.1 Å². The van der Waals surface area contributed by atoms with Crippen LogP contribution in [0.3, 0.4) is 0 Å². The Morgan fingerprint density at radius 3 is 2.96 bits per heavy atom. The van der Waals surface area contributed by atoms with Crippen LogP contribution in [0.15, 0.2) is 18.5 Å². The van der Waals surface area contributed by atoms with Gasteiger partial charge in [-0.05, 0) is 68.7 Å². The minimum Gasteiger partial charge on any atom is -0.461 e. The van der Waals surface area contributed by atoms with Gasteiger partial charge in [0.05, 0.1) is 35.8 Å². The van der Waals surface area contributed by atoms with Gasteiger partial charge in [-0.15, -0.1) is 0 Å². The van der Waals surface area contributed by atoms with Crippen molar-refractivity contribution in [3.63, 3.8) is 0 Å². The molecule has 4 aromatic rings.